The number of carbonyl (C=O) groups excluding carboxylic acids is 1. The first-order valence-electron chi connectivity index (χ1n) is 8.56. The number of benzene rings is 1. The van der Waals surface area contributed by atoms with Crippen LogP contribution in [-0.2, 0) is 22.4 Å². The Hall–Kier alpha value is -2.30. The smallest absolute Gasteiger partial charge is 0.344 e. The molecule has 0 spiro atoms. The standard InChI is InChI=1S/C19H22O5/c1-2-3-10-22-18(20)12-23-13-8-9-15-14-6-4-5-7-16(14)19(21)24-17(15)11-13/h8-9,11H,2-7,10,12H2,1H3. The molecule has 0 atom stereocenters. The van der Waals surface area contributed by atoms with Crippen LogP contribution in [-0.4, -0.2) is 19.2 Å². The van der Waals surface area contributed by atoms with E-state index in [-0.39, 0.29) is 12.2 Å². The summed E-state index contributed by atoms with van der Waals surface area (Å²) < 4.78 is 15.9. The van der Waals surface area contributed by atoms with Gasteiger partial charge in [0.2, 0.25) is 0 Å². The first-order chi connectivity index (χ1) is 11.7. The predicted molar refractivity (Wildman–Crippen MR) is 90.5 cm³/mol. The molecule has 1 aromatic heterocycles. The van der Waals surface area contributed by atoms with E-state index in [1.807, 2.05) is 13.0 Å². The van der Waals surface area contributed by atoms with Crippen molar-refractivity contribution in [3.63, 3.8) is 0 Å². The van der Waals surface area contributed by atoms with Crippen LogP contribution >= 0.6 is 0 Å². The van der Waals surface area contributed by atoms with Crippen molar-refractivity contribution < 1.29 is 18.7 Å². The van der Waals surface area contributed by atoms with E-state index in [0.717, 1.165) is 55.0 Å². The maximum Gasteiger partial charge on any atom is 0.344 e. The summed E-state index contributed by atoms with van der Waals surface area (Å²) in [5.41, 5.74) is 2.16. The molecule has 0 saturated heterocycles. The van der Waals surface area contributed by atoms with Gasteiger partial charge in [0.05, 0.1) is 6.61 Å². The summed E-state index contributed by atoms with van der Waals surface area (Å²) in [6.07, 6.45) is 5.63. The molecule has 1 aliphatic carbocycles. The summed E-state index contributed by atoms with van der Waals surface area (Å²) in [5.74, 6) is 0.101. The van der Waals surface area contributed by atoms with Crippen LogP contribution < -0.4 is 10.4 Å². The van der Waals surface area contributed by atoms with Crippen LogP contribution in [0.15, 0.2) is 27.4 Å². The molecule has 1 aromatic carbocycles. The van der Waals surface area contributed by atoms with Gasteiger partial charge in [0.15, 0.2) is 6.61 Å². The van der Waals surface area contributed by atoms with Gasteiger partial charge < -0.3 is 13.9 Å². The molecule has 24 heavy (non-hydrogen) atoms. The molecule has 5 nitrogen and oxygen atoms in total. The Morgan fingerprint density at radius 2 is 2.00 bits per heavy atom. The van der Waals surface area contributed by atoms with Crippen LogP contribution in [0.4, 0.5) is 0 Å². The Balaban J connectivity index is 1.75. The molecular formula is C19H22O5. The monoisotopic (exact) mass is 330 g/mol. The fourth-order valence-electron chi connectivity index (χ4n) is 3.03. The van der Waals surface area contributed by atoms with Crippen molar-refractivity contribution in [2.45, 2.75) is 45.4 Å². The molecule has 0 radical (unpaired) electrons. The second kappa shape index (κ2) is 7.51. The van der Waals surface area contributed by atoms with Crippen molar-refractivity contribution in [1.82, 2.24) is 0 Å². The maximum absolute atomic E-state index is 12.1. The number of rotatable bonds is 6. The summed E-state index contributed by atoms with van der Waals surface area (Å²) in [5, 5.41) is 0.960. The molecule has 128 valence electrons. The van der Waals surface area contributed by atoms with Crippen molar-refractivity contribution >= 4 is 16.9 Å². The Morgan fingerprint density at radius 1 is 1.21 bits per heavy atom. The largest absolute Gasteiger partial charge is 0.482 e. The Bertz CT molecular complexity index is 790. The molecule has 0 aliphatic heterocycles. The Morgan fingerprint density at radius 3 is 2.79 bits per heavy atom. The van der Waals surface area contributed by atoms with Crippen LogP contribution in [0.2, 0.25) is 0 Å². The molecule has 3 rings (SSSR count). The Labute approximate surface area is 140 Å². The minimum atomic E-state index is -0.393. The second-order valence-corrected chi connectivity index (χ2v) is 6.07. The number of hydrogen-bond acceptors (Lipinski definition) is 5. The second-order valence-electron chi connectivity index (χ2n) is 6.07. The zero-order valence-electron chi connectivity index (χ0n) is 13.9. The normalized spacial score (nSPS) is 13.5. The molecular weight excluding hydrogens is 308 g/mol. The highest BCUT2D eigenvalue weighted by atomic mass is 16.6. The van der Waals surface area contributed by atoms with Gasteiger partial charge >= 0.3 is 11.6 Å². The zero-order valence-corrected chi connectivity index (χ0v) is 13.9. The fraction of sp³-hybridized carbons (Fsp3) is 0.474. The van der Waals surface area contributed by atoms with E-state index in [1.165, 1.54) is 0 Å². The lowest BCUT2D eigenvalue weighted by molar-refractivity contribution is -0.146. The minimum Gasteiger partial charge on any atom is -0.482 e. The number of hydrogen-bond donors (Lipinski definition) is 0. The summed E-state index contributed by atoms with van der Waals surface area (Å²) in [4.78, 5) is 23.7. The van der Waals surface area contributed by atoms with Crippen molar-refractivity contribution in [2.75, 3.05) is 13.2 Å². The molecule has 1 aliphatic rings. The molecule has 0 fully saturated rings. The highest BCUT2D eigenvalue weighted by molar-refractivity contribution is 5.83. The number of aryl methyl sites for hydroxylation is 1. The summed E-state index contributed by atoms with van der Waals surface area (Å²) in [7, 11) is 0. The average Bonchev–Trinajstić information content (AvgIpc) is 2.60. The summed E-state index contributed by atoms with van der Waals surface area (Å²) >= 11 is 0. The third-order valence-corrected chi connectivity index (χ3v) is 4.31. The van der Waals surface area contributed by atoms with E-state index in [9.17, 15) is 9.59 Å². The van der Waals surface area contributed by atoms with E-state index in [2.05, 4.69) is 0 Å². The van der Waals surface area contributed by atoms with Crippen molar-refractivity contribution in [3.05, 3.63) is 39.7 Å². The van der Waals surface area contributed by atoms with Gasteiger partial charge in [-0.15, -0.1) is 0 Å². The molecule has 0 N–H and O–H groups in total. The van der Waals surface area contributed by atoms with E-state index < -0.39 is 5.97 Å². The summed E-state index contributed by atoms with van der Waals surface area (Å²) in [6.45, 7) is 2.30. The quantitative estimate of drug-likeness (QED) is 0.461. The van der Waals surface area contributed by atoms with Crippen LogP contribution in [0.1, 0.15) is 43.7 Å². The van der Waals surface area contributed by atoms with E-state index in [4.69, 9.17) is 13.9 Å². The fourth-order valence-corrected chi connectivity index (χ4v) is 3.03. The molecule has 0 saturated carbocycles. The third kappa shape index (κ3) is 3.61. The van der Waals surface area contributed by atoms with Crippen LogP contribution in [0, 0.1) is 0 Å². The van der Waals surface area contributed by atoms with Gasteiger partial charge in [-0.2, -0.15) is 0 Å². The molecule has 2 aromatic rings. The van der Waals surface area contributed by atoms with Crippen LogP contribution in [0.5, 0.6) is 5.75 Å². The van der Waals surface area contributed by atoms with Gasteiger partial charge in [0.1, 0.15) is 11.3 Å². The van der Waals surface area contributed by atoms with Crippen molar-refractivity contribution in [2.24, 2.45) is 0 Å². The topological polar surface area (TPSA) is 65.7 Å². The molecule has 1 heterocycles. The van der Waals surface area contributed by atoms with Gasteiger partial charge in [0.25, 0.3) is 0 Å². The van der Waals surface area contributed by atoms with E-state index in [0.29, 0.717) is 17.9 Å². The molecule has 0 unspecified atom stereocenters. The van der Waals surface area contributed by atoms with Gasteiger partial charge in [-0.1, -0.05) is 13.3 Å². The highest BCUT2D eigenvalue weighted by Crippen LogP contribution is 2.29. The Kier molecular flexibility index (Phi) is 5.18. The average molecular weight is 330 g/mol. The number of esters is 1. The molecule has 0 bridgehead atoms. The van der Waals surface area contributed by atoms with Gasteiger partial charge in [-0.05, 0) is 49.8 Å². The minimum absolute atomic E-state index is 0.148. The molecule has 5 heteroatoms. The van der Waals surface area contributed by atoms with Crippen molar-refractivity contribution in [1.29, 1.82) is 0 Å². The maximum atomic E-state index is 12.1. The highest BCUT2D eigenvalue weighted by Gasteiger charge is 2.18. The lowest BCUT2D eigenvalue weighted by atomic mass is 9.91. The van der Waals surface area contributed by atoms with Gasteiger partial charge in [0, 0.05) is 17.0 Å². The van der Waals surface area contributed by atoms with E-state index >= 15 is 0 Å². The number of carbonyl (C=O) groups is 1. The lowest BCUT2D eigenvalue weighted by Crippen LogP contribution is -2.16. The summed E-state index contributed by atoms with van der Waals surface area (Å²) in [6, 6.07) is 5.38. The zero-order chi connectivity index (χ0) is 16.9. The number of fused-ring (bicyclic) bond motifs is 3. The van der Waals surface area contributed by atoms with Crippen molar-refractivity contribution in [3.8, 4) is 5.75 Å². The number of ether oxygens (including phenoxy) is 2. The predicted octanol–water partition coefficient (Wildman–Crippen LogP) is 3.39. The van der Waals surface area contributed by atoms with Crippen LogP contribution in [0.3, 0.4) is 0 Å². The first-order valence-corrected chi connectivity index (χ1v) is 8.56. The third-order valence-electron chi connectivity index (χ3n) is 4.31. The van der Waals surface area contributed by atoms with Crippen LogP contribution in [0.25, 0.3) is 11.0 Å². The van der Waals surface area contributed by atoms with Gasteiger partial charge in [-0.3, -0.25) is 0 Å². The first kappa shape index (κ1) is 16.6. The number of unbranched alkanes of at least 4 members (excludes halogenated alkanes) is 1. The SMILES string of the molecule is CCCCOC(=O)COc1ccc2c3c(c(=O)oc2c1)CCCC3. The molecule has 0 amide bonds. The van der Waals surface area contributed by atoms with Gasteiger partial charge in [-0.25, -0.2) is 9.59 Å². The lowest BCUT2D eigenvalue weighted by Gasteiger charge is -2.16. The van der Waals surface area contributed by atoms with E-state index in [1.54, 1.807) is 12.1 Å².